The first kappa shape index (κ1) is 25.3. The van der Waals surface area contributed by atoms with Gasteiger partial charge in [-0.3, -0.25) is 0 Å². The monoisotopic (exact) mass is 530 g/mol. The van der Waals surface area contributed by atoms with Crippen molar-refractivity contribution in [1.82, 2.24) is 4.90 Å². The molecule has 1 saturated heterocycles. The number of amides is 1. The van der Waals surface area contributed by atoms with Gasteiger partial charge in [-0.15, -0.1) is 0 Å². The summed E-state index contributed by atoms with van der Waals surface area (Å²) in [5.41, 5.74) is 0.650. The molecule has 0 spiro atoms. The van der Waals surface area contributed by atoms with E-state index in [1.165, 1.54) is 0 Å². The maximum atomic E-state index is 14.4. The van der Waals surface area contributed by atoms with Gasteiger partial charge in [0.25, 0.3) is 0 Å². The van der Waals surface area contributed by atoms with Gasteiger partial charge in [0.05, 0.1) is 0 Å². The molecule has 1 fully saturated rings. The zero-order valence-corrected chi connectivity index (χ0v) is 22.4. The van der Waals surface area contributed by atoms with Crippen molar-refractivity contribution >= 4 is 25.2 Å². The summed E-state index contributed by atoms with van der Waals surface area (Å²) >= 11 is 0.109. The van der Waals surface area contributed by atoms with Crippen LogP contribution in [0.5, 0.6) is 0 Å². The number of hydrogen-bond acceptors (Lipinski definition) is 4. The van der Waals surface area contributed by atoms with E-state index in [1.54, 1.807) is 0 Å². The molecule has 6 heteroatoms. The second-order valence-corrected chi connectivity index (χ2v) is 12.3. The molecule has 2 aromatic carbocycles. The van der Waals surface area contributed by atoms with Gasteiger partial charge in [-0.25, -0.2) is 0 Å². The van der Waals surface area contributed by atoms with Crippen LogP contribution in [-0.2, 0) is 32.2 Å². The van der Waals surface area contributed by atoms with Gasteiger partial charge in [0.15, 0.2) is 0 Å². The van der Waals surface area contributed by atoms with Crippen LogP contribution in [0.15, 0.2) is 60.7 Å². The third kappa shape index (κ3) is 5.22. The molecule has 0 N–H and O–H groups in total. The Kier molecular flexibility index (Phi) is 8.06. The van der Waals surface area contributed by atoms with Crippen LogP contribution in [0.3, 0.4) is 0 Å². The van der Waals surface area contributed by atoms with Crippen LogP contribution in [0.1, 0.15) is 45.2 Å². The SMILES string of the molecule is CC(C)[C@H]1COC2=[Se]CC[C@@](OCc3ccccc3)(C(C)(C)COCc3ccccc3)C(=O)N21. The molecule has 0 saturated carbocycles. The predicted molar refractivity (Wildman–Crippen MR) is 135 cm³/mol. The maximum absolute atomic E-state index is 14.4. The molecule has 183 valence electrons. The van der Waals surface area contributed by atoms with Gasteiger partial charge >= 0.3 is 210 Å². The van der Waals surface area contributed by atoms with Crippen molar-refractivity contribution in [1.29, 1.82) is 0 Å². The van der Waals surface area contributed by atoms with Crippen LogP contribution >= 0.6 is 0 Å². The molecule has 2 heterocycles. The molecular formula is C28H36NO4Se. The Morgan fingerprint density at radius 1 is 1.06 bits per heavy atom. The molecule has 0 unspecified atom stereocenters. The molecule has 5 nitrogen and oxygen atoms in total. The minimum atomic E-state index is -0.996. The number of rotatable bonds is 9. The Bertz CT molecular complexity index is 992. The fourth-order valence-corrected chi connectivity index (χ4v) is 6.96. The van der Waals surface area contributed by atoms with Gasteiger partial charge in [0, 0.05) is 0 Å². The van der Waals surface area contributed by atoms with Crippen LogP contribution in [0, 0.1) is 11.3 Å². The molecule has 1 radical (unpaired) electrons. The van der Waals surface area contributed by atoms with Crippen LogP contribution < -0.4 is 0 Å². The van der Waals surface area contributed by atoms with Crippen molar-refractivity contribution in [3.63, 3.8) is 0 Å². The van der Waals surface area contributed by atoms with Gasteiger partial charge in [0.1, 0.15) is 0 Å². The number of carbonyl (C=O) groups excluding carboxylic acids is 1. The molecule has 0 aromatic heterocycles. The summed E-state index contributed by atoms with van der Waals surface area (Å²) in [4.78, 5) is 16.4. The number of benzene rings is 2. The van der Waals surface area contributed by atoms with Crippen molar-refractivity contribution in [3.05, 3.63) is 71.8 Å². The van der Waals surface area contributed by atoms with E-state index >= 15 is 0 Å². The molecular weight excluding hydrogens is 493 g/mol. The fourth-order valence-electron chi connectivity index (χ4n) is 4.71. The van der Waals surface area contributed by atoms with Crippen molar-refractivity contribution in [2.75, 3.05) is 13.2 Å². The van der Waals surface area contributed by atoms with Crippen LogP contribution in [0.25, 0.3) is 0 Å². The summed E-state index contributed by atoms with van der Waals surface area (Å²) in [5, 5.41) is 0.895. The zero-order chi connectivity index (χ0) is 24.2. The fraction of sp³-hybridized carbons (Fsp3) is 0.500. The van der Waals surface area contributed by atoms with E-state index in [0.717, 1.165) is 21.2 Å². The molecule has 2 atom stereocenters. The van der Waals surface area contributed by atoms with Gasteiger partial charge in [-0.2, -0.15) is 0 Å². The third-order valence-corrected chi connectivity index (χ3v) is 8.95. The molecule has 4 rings (SSSR count). The van der Waals surface area contributed by atoms with Crippen LogP contribution in [0.4, 0.5) is 0 Å². The number of fused-ring (bicyclic) bond motifs is 1. The van der Waals surface area contributed by atoms with Crippen LogP contribution in [-0.4, -0.2) is 54.9 Å². The summed E-state index contributed by atoms with van der Waals surface area (Å²) in [6, 6.07) is 20.3. The molecule has 2 aliphatic rings. The third-order valence-electron chi connectivity index (χ3n) is 6.92. The van der Waals surface area contributed by atoms with Gasteiger partial charge < -0.3 is 0 Å². The molecule has 34 heavy (non-hydrogen) atoms. The van der Waals surface area contributed by atoms with E-state index < -0.39 is 11.0 Å². The minimum absolute atomic E-state index is 0.0299. The number of hydrogen-bond donors (Lipinski definition) is 0. The van der Waals surface area contributed by atoms with E-state index in [0.29, 0.717) is 38.8 Å². The Labute approximate surface area is 209 Å². The topological polar surface area (TPSA) is 48.0 Å². The Hall–Kier alpha value is -1.82. The van der Waals surface area contributed by atoms with E-state index in [2.05, 4.69) is 39.8 Å². The quantitative estimate of drug-likeness (QED) is 0.443. The Balaban J connectivity index is 1.62. The Morgan fingerprint density at radius 2 is 1.68 bits per heavy atom. The van der Waals surface area contributed by atoms with Crippen molar-refractivity contribution in [2.45, 2.75) is 64.3 Å². The summed E-state index contributed by atoms with van der Waals surface area (Å²) in [6.45, 7) is 10.4. The molecule has 0 aliphatic carbocycles. The number of ether oxygens (including phenoxy) is 3. The first-order chi connectivity index (χ1) is 16.3. The van der Waals surface area contributed by atoms with Crippen molar-refractivity contribution < 1.29 is 19.0 Å². The molecule has 0 bridgehead atoms. The van der Waals surface area contributed by atoms with E-state index in [1.807, 2.05) is 53.4 Å². The first-order valence-electron chi connectivity index (χ1n) is 12.1. The average molecular weight is 530 g/mol. The van der Waals surface area contributed by atoms with E-state index in [4.69, 9.17) is 14.2 Å². The summed E-state index contributed by atoms with van der Waals surface area (Å²) < 4.78 is 19.8. The zero-order valence-electron chi connectivity index (χ0n) is 20.7. The number of carbonyl (C=O) groups is 1. The average Bonchev–Trinajstić information content (AvgIpc) is 3.20. The van der Waals surface area contributed by atoms with Crippen LogP contribution in [0.2, 0.25) is 5.32 Å². The van der Waals surface area contributed by atoms with Gasteiger partial charge in [-0.05, 0) is 0 Å². The van der Waals surface area contributed by atoms with Gasteiger partial charge in [0.2, 0.25) is 0 Å². The van der Waals surface area contributed by atoms with Gasteiger partial charge in [-0.1, -0.05) is 0 Å². The normalized spacial score (nSPS) is 23.1. The van der Waals surface area contributed by atoms with Crippen molar-refractivity contribution in [2.24, 2.45) is 11.3 Å². The Morgan fingerprint density at radius 3 is 2.29 bits per heavy atom. The van der Waals surface area contributed by atoms with E-state index in [-0.39, 0.29) is 26.5 Å². The molecule has 2 aromatic rings. The second-order valence-electron chi connectivity index (χ2n) is 10.1. The summed E-state index contributed by atoms with van der Waals surface area (Å²) in [6.07, 6.45) is 0.661. The predicted octanol–water partition coefficient (Wildman–Crippen LogP) is 4.68. The first-order valence-corrected chi connectivity index (χ1v) is 14.2. The second kappa shape index (κ2) is 10.8. The van der Waals surface area contributed by atoms with Crippen molar-refractivity contribution in [3.8, 4) is 0 Å². The summed E-state index contributed by atoms with van der Waals surface area (Å²) in [5.74, 6) is 0.335. The standard InChI is InChI=1S/C28H36NO4Se/c1-21(2)24-19-32-26-29(24)25(30)28(15-16-34-26,33-18-23-13-9-6-10-14-23)27(3,4)20-31-17-22-11-7-5-8-12-22/h5-14,21,24H,15-20H2,1-4H3/t24-,28+/m1/s1. The molecule has 1 amide bonds. The van der Waals surface area contributed by atoms with E-state index in [9.17, 15) is 4.79 Å². The number of nitrogens with zero attached hydrogens (tertiary/aromatic N) is 1. The summed E-state index contributed by atoms with van der Waals surface area (Å²) in [7, 11) is 0. The molecule has 2 aliphatic heterocycles.